The normalized spacial score (nSPS) is 16.7. The maximum absolute atomic E-state index is 11.7. The minimum atomic E-state index is -4.12. The predicted octanol–water partition coefficient (Wildman–Crippen LogP) is 3.09. The average molecular weight is 250 g/mol. The van der Waals surface area contributed by atoms with Crippen LogP contribution >= 0.6 is 23.4 Å². The Hall–Kier alpha value is 0.390. The lowest BCUT2D eigenvalue weighted by molar-refractivity contribution is -0.0327. The summed E-state index contributed by atoms with van der Waals surface area (Å²) < 4.78 is 35.2. The summed E-state index contributed by atoms with van der Waals surface area (Å²) in [5.41, 5.74) is -4.12. The number of rotatable bonds is 6. The highest BCUT2D eigenvalue weighted by Gasteiger charge is 2.27. The molecule has 1 nitrogen and oxygen atoms in total. The number of hydrogen-bond acceptors (Lipinski definition) is 2. The molecule has 0 aliphatic rings. The number of nitrogens with one attached hydrogen (secondary N) is 1. The van der Waals surface area contributed by atoms with Crippen LogP contribution in [0.1, 0.15) is 13.8 Å². The van der Waals surface area contributed by atoms with Crippen LogP contribution in [0, 0.1) is 5.92 Å². The Balaban J connectivity index is 3.45. The third kappa shape index (κ3) is 7.76. The molecule has 1 N–H and O–H groups in total. The minimum Gasteiger partial charge on any atom is -0.313 e. The van der Waals surface area contributed by atoms with Crippen LogP contribution in [0.2, 0.25) is 0 Å². The molecule has 0 bridgehead atoms. The molecule has 0 fully saturated rings. The molecule has 2 unspecified atom stereocenters. The lowest BCUT2D eigenvalue weighted by Crippen LogP contribution is -2.34. The zero-order chi connectivity index (χ0) is 11.2. The Kier molecular flexibility index (Phi) is 6.99. The largest absolute Gasteiger partial charge is 0.441 e. The van der Waals surface area contributed by atoms with Crippen molar-refractivity contribution in [3.05, 3.63) is 0 Å². The van der Waals surface area contributed by atoms with E-state index < -0.39 is 5.51 Å². The van der Waals surface area contributed by atoms with Gasteiger partial charge in [0.05, 0.1) is 0 Å². The van der Waals surface area contributed by atoms with Crippen LogP contribution in [0.3, 0.4) is 0 Å². The molecule has 0 radical (unpaired) electrons. The predicted molar refractivity (Wildman–Crippen MR) is 55.9 cm³/mol. The molecular formula is C8H15ClF3NS. The van der Waals surface area contributed by atoms with Gasteiger partial charge in [-0.05, 0) is 24.6 Å². The van der Waals surface area contributed by atoms with Crippen molar-refractivity contribution < 1.29 is 13.2 Å². The van der Waals surface area contributed by atoms with Crippen LogP contribution in [0.4, 0.5) is 13.2 Å². The third-order valence-electron chi connectivity index (χ3n) is 1.93. The van der Waals surface area contributed by atoms with Crippen molar-refractivity contribution in [2.24, 2.45) is 5.92 Å². The van der Waals surface area contributed by atoms with E-state index in [1.54, 1.807) is 0 Å². The van der Waals surface area contributed by atoms with Crippen LogP contribution in [0.25, 0.3) is 0 Å². The van der Waals surface area contributed by atoms with Crippen LogP contribution in [-0.4, -0.2) is 29.7 Å². The molecule has 0 saturated carbocycles. The van der Waals surface area contributed by atoms with E-state index in [4.69, 9.17) is 11.6 Å². The fraction of sp³-hybridized carbons (Fsp3) is 1.00. The van der Waals surface area contributed by atoms with E-state index in [-0.39, 0.29) is 29.5 Å². The highest BCUT2D eigenvalue weighted by Crippen LogP contribution is 2.29. The highest BCUT2D eigenvalue weighted by atomic mass is 35.5. The monoisotopic (exact) mass is 249 g/mol. The van der Waals surface area contributed by atoms with Crippen molar-refractivity contribution in [3.63, 3.8) is 0 Å². The van der Waals surface area contributed by atoms with Gasteiger partial charge in [0.1, 0.15) is 0 Å². The van der Waals surface area contributed by atoms with Crippen LogP contribution in [-0.2, 0) is 0 Å². The van der Waals surface area contributed by atoms with Gasteiger partial charge < -0.3 is 5.32 Å². The molecule has 0 aromatic rings. The molecule has 6 heteroatoms. The van der Waals surface area contributed by atoms with Crippen molar-refractivity contribution in [1.29, 1.82) is 0 Å². The molecule has 0 spiro atoms. The SMILES string of the molecule is CC(CCl)C(C)NCCSC(F)(F)F. The van der Waals surface area contributed by atoms with E-state index in [9.17, 15) is 13.2 Å². The Labute approximate surface area is 91.8 Å². The quantitative estimate of drug-likeness (QED) is 0.574. The average Bonchev–Trinajstić information content (AvgIpc) is 2.09. The molecule has 86 valence electrons. The fourth-order valence-electron chi connectivity index (χ4n) is 0.788. The summed E-state index contributed by atoms with van der Waals surface area (Å²) in [6.45, 7) is 4.24. The molecule has 0 aliphatic carbocycles. The van der Waals surface area contributed by atoms with Crippen LogP contribution in [0.5, 0.6) is 0 Å². The first kappa shape index (κ1) is 14.4. The highest BCUT2D eigenvalue weighted by molar-refractivity contribution is 8.00. The molecule has 0 heterocycles. The van der Waals surface area contributed by atoms with Gasteiger partial charge in [-0.3, -0.25) is 0 Å². The lowest BCUT2D eigenvalue weighted by atomic mass is 10.1. The first-order valence-corrected chi connectivity index (χ1v) is 5.89. The summed E-state index contributed by atoms with van der Waals surface area (Å²) in [6, 6.07) is 0.154. The van der Waals surface area contributed by atoms with Gasteiger partial charge >= 0.3 is 5.51 Å². The molecule has 0 aromatic heterocycles. The molecular weight excluding hydrogens is 235 g/mol. The van der Waals surface area contributed by atoms with Gasteiger partial charge in [-0.15, -0.1) is 11.6 Å². The maximum atomic E-state index is 11.7. The standard InChI is InChI=1S/C8H15ClF3NS/c1-6(5-9)7(2)13-3-4-14-8(10,11)12/h6-7,13H,3-5H2,1-2H3. The van der Waals surface area contributed by atoms with E-state index in [0.717, 1.165) is 0 Å². The maximum Gasteiger partial charge on any atom is 0.441 e. The summed E-state index contributed by atoms with van der Waals surface area (Å²) in [5, 5.41) is 3.00. The van der Waals surface area contributed by atoms with Gasteiger partial charge in [0.2, 0.25) is 0 Å². The fourth-order valence-corrected chi connectivity index (χ4v) is 1.51. The molecule has 0 aliphatic heterocycles. The number of hydrogen-bond donors (Lipinski definition) is 1. The van der Waals surface area contributed by atoms with E-state index >= 15 is 0 Å². The Morgan fingerprint density at radius 3 is 2.36 bits per heavy atom. The van der Waals surface area contributed by atoms with Gasteiger partial charge in [0.15, 0.2) is 0 Å². The second-order valence-corrected chi connectivity index (χ2v) is 4.64. The zero-order valence-electron chi connectivity index (χ0n) is 8.20. The summed E-state index contributed by atoms with van der Waals surface area (Å²) in [4.78, 5) is 0. The van der Waals surface area contributed by atoms with Crippen LogP contribution in [0.15, 0.2) is 0 Å². The van der Waals surface area contributed by atoms with E-state index in [1.165, 1.54) is 0 Å². The van der Waals surface area contributed by atoms with Crippen molar-refractivity contribution in [2.45, 2.75) is 25.4 Å². The topological polar surface area (TPSA) is 12.0 Å². The number of thioether (sulfide) groups is 1. The second-order valence-electron chi connectivity index (χ2n) is 3.17. The van der Waals surface area contributed by atoms with Crippen LogP contribution < -0.4 is 5.32 Å². The Bertz CT molecular complexity index is 154. The molecule has 0 rings (SSSR count). The zero-order valence-corrected chi connectivity index (χ0v) is 9.77. The van der Waals surface area contributed by atoms with Crippen molar-refractivity contribution in [2.75, 3.05) is 18.2 Å². The number of halogens is 4. The van der Waals surface area contributed by atoms with Gasteiger partial charge in [0, 0.05) is 24.2 Å². The summed E-state index contributed by atoms with van der Waals surface area (Å²) in [5.74, 6) is 0.830. The summed E-state index contributed by atoms with van der Waals surface area (Å²) in [6.07, 6.45) is 0. The Morgan fingerprint density at radius 1 is 1.36 bits per heavy atom. The van der Waals surface area contributed by atoms with Gasteiger partial charge in [-0.25, -0.2) is 0 Å². The molecule has 0 saturated heterocycles. The third-order valence-corrected chi connectivity index (χ3v) is 3.15. The molecule has 2 atom stereocenters. The smallest absolute Gasteiger partial charge is 0.313 e. The van der Waals surface area contributed by atoms with E-state index in [2.05, 4.69) is 5.32 Å². The van der Waals surface area contributed by atoms with Crippen molar-refractivity contribution in [3.8, 4) is 0 Å². The first-order chi connectivity index (χ1) is 6.37. The molecule has 0 amide bonds. The Morgan fingerprint density at radius 2 is 1.93 bits per heavy atom. The van der Waals surface area contributed by atoms with Gasteiger partial charge in [-0.2, -0.15) is 13.2 Å². The van der Waals surface area contributed by atoms with Crippen molar-refractivity contribution in [1.82, 2.24) is 5.32 Å². The number of alkyl halides is 4. The summed E-state index contributed by atoms with van der Waals surface area (Å²) >= 11 is 5.61. The lowest BCUT2D eigenvalue weighted by Gasteiger charge is -2.19. The first-order valence-electron chi connectivity index (χ1n) is 4.37. The van der Waals surface area contributed by atoms with Gasteiger partial charge in [0.25, 0.3) is 0 Å². The molecule has 14 heavy (non-hydrogen) atoms. The van der Waals surface area contributed by atoms with E-state index in [0.29, 0.717) is 12.4 Å². The minimum absolute atomic E-state index is 0.000615. The second kappa shape index (κ2) is 6.80. The summed E-state index contributed by atoms with van der Waals surface area (Å²) in [7, 11) is 0. The van der Waals surface area contributed by atoms with E-state index in [1.807, 2.05) is 13.8 Å². The van der Waals surface area contributed by atoms with Crippen molar-refractivity contribution >= 4 is 23.4 Å². The van der Waals surface area contributed by atoms with Gasteiger partial charge in [-0.1, -0.05) is 6.92 Å². The molecule has 0 aromatic carbocycles.